The number of aliphatic hydroxyl groups is 1. The number of hydrogen-bond donors (Lipinski definition) is 2. The van der Waals surface area contributed by atoms with Crippen molar-refractivity contribution in [1.29, 1.82) is 0 Å². The molecule has 1 heterocycles. The highest BCUT2D eigenvalue weighted by Crippen LogP contribution is 2.40. The SMILES string of the molecule is CC.COCC(O)CC(C)(C)CN(C)c1c(F)cc2c(=O)c(C(=O)O)cn(C3CC3)c2c1C. The van der Waals surface area contributed by atoms with Crippen LogP contribution in [-0.2, 0) is 4.74 Å². The predicted octanol–water partition coefficient (Wildman–Crippen LogP) is 4.37. The number of aliphatic hydroxyl groups excluding tert-OH is 1. The molecule has 0 spiro atoms. The third-order valence-electron chi connectivity index (χ3n) is 5.84. The van der Waals surface area contributed by atoms with E-state index in [2.05, 4.69) is 0 Å². The minimum atomic E-state index is -1.31. The molecule has 0 saturated heterocycles. The molecule has 1 atom stereocenters. The van der Waals surface area contributed by atoms with E-state index in [1.807, 2.05) is 32.3 Å². The van der Waals surface area contributed by atoms with Crippen molar-refractivity contribution in [3.63, 3.8) is 0 Å². The summed E-state index contributed by atoms with van der Waals surface area (Å²) in [5, 5.41) is 19.6. The number of rotatable bonds is 9. The predicted molar refractivity (Wildman–Crippen MR) is 129 cm³/mol. The standard InChI is InChI=1S/C23H31FN2O5.C2H6/c1-13-19-16(21(28)17(22(29)30)10-26(19)14-6-7-14)8-18(24)20(13)25(4)12-23(2,3)9-15(27)11-31-5;1-2/h8,10,14-15,27H,6-7,9,11-12H2,1-5H3,(H,29,30);1-2H3. The summed E-state index contributed by atoms with van der Waals surface area (Å²) in [6, 6.07) is 1.28. The largest absolute Gasteiger partial charge is 0.477 e. The van der Waals surface area contributed by atoms with Gasteiger partial charge in [-0.1, -0.05) is 27.7 Å². The molecule has 184 valence electrons. The summed E-state index contributed by atoms with van der Waals surface area (Å²) < 4.78 is 22.1. The second-order valence-electron chi connectivity index (χ2n) is 9.38. The van der Waals surface area contributed by atoms with E-state index in [0.717, 1.165) is 18.9 Å². The molecule has 1 aliphatic rings. The molecule has 0 aliphatic heterocycles. The zero-order chi connectivity index (χ0) is 25.1. The molecular formula is C25H37FN2O5. The number of aromatic carboxylic acids is 1. The Kier molecular flexibility index (Phi) is 8.65. The first-order valence-corrected chi connectivity index (χ1v) is 11.5. The fourth-order valence-electron chi connectivity index (χ4n) is 4.61. The summed E-state index contributed by atoms with van der Waals surface area (Å²) in [7, 11) is 3.32. The molecule has 7 nitrogen and oxygen atoms in total. The number of carboxylic acid groups (broad SMARTS) is 1. The van der Waals surface area contributed by atoms with Crippen LogP contribution in [0.5, 0.6) is 0 Å². The second kappa shape index (κ2) is 10.7. The zero-order valence-corrected chi connectivity index (χ0v) is 20.7. The fourth-order valence-corrected chi connectivity index (χ4v) is 4.61. The summed E-state index contributed by atoms with van der Waals surface area (Å²) >= 11 is 0. The van der Waals surface area contributed by atoms with Crippen LogP contribution in [0.1, 0.15) is 68.9 Å². The molecule has 0 bridgehead atoms. The average molecular weight is 465 g/mol. The first-order valence-electron chi connectivity index (χ1n) is 11.5. The summed E-state index contributed by atoms with van der Waals surface area (Å²) in [6.45, 7) is 10.5. The maximum atomic E-state index is 15.2. The lowest BCUT2D eigenvalue weighted by molar-refractivity contribution is 0.0362. The van der Waals surface area contributed by atoms with Crippen LogP contribution in [0, 0.1) is 18.2 Å². The van der Waals surface area contributed by atoms with Gasteiger partial charge in [0.05, 0.1) is 23.9 Å². The number of hydrogen-bond acceptors (Lipinski definition) is 5. The molecule has 1 aromatic heterocycles. The zero-order valence-electron chi connectivity index (χ0n) is 20.7. The van der Waals surface area contributed by atoms with Crippen molar-refractivity contribution < 1.29 is 24.1 Å². The molecule has 2 N–H and O–H groups in total. The van der Waals surface area contributed by atoms with Crippen LogP contribution in [0.25, 0.3) is 10.9 Å². The number of benzene rings is 1. The molecule has 1 fully saturated rings. The van der Waals surface area contributed by atoms with Gasteiger partial charge in [-0.15, -0.1) is 0 Å². The Hall–Kier alpha value is -2.45. The summed E-state index contributed by atoms with van der Waals surface area (Å²) in [5.74, 6) is -1.88. The number of halogens is 1. The van der Waals surface area contributed by atoms with Crippen LogP contribution in [0.4, 0.5) is 10.1 Å². The molecule has 1 aromatic carbocycles. The monoisotopic (exact) mass is 464 g/mol. The molecule has 0 amide bonds. The van der Waals surface area contributed by atoms with Gasteiger partial charge in [-0.3, -0.25) is 4.79 Å². The maximum Gasteiger partial charge on any atom is 0.341 e. The van der Waals surface area contributed by atoms with Gasteiger partial charge in [0, 0.05) is 38.3 Å². The van der Waals surface area contributed by atoms with Crippen molar-refractivity contribution >= 4 is 22.6 Å². The van der Waals surface area contributed by atoms with Crippen LogP contribution in [-0.4, -0.2) is 54.2 Å². The molecule has 1 aliphatic carbocycles. The molecule has 8 heteroatoms. The van der Waals surface area contributed by atoms with Gasteiger partial charge in [-0.2, -0.15) is 0 Å². The van der Waals surface area contributed by atoms with Gasteiger partial charge in [-0.05, 0) is 43.2 Å². The average Bonchev–Trinajstić information content (AvgIpc) is 3.54. The highest BCUT2D eigenvalue weighted by molar-refractivity contribution is 5.95. The Bertz CT molecular complexity index is 1060. The number of methoxy groups -OCH3 is 1. The van der Waals surface area contributed by atoms with Crippen molar-refractivity contribution in [1.82, 2.24) is 4.57 Å². The molecule has 0 radical (unpaired) electrons. The topological polar surface area (TPSA) is 92.0 Å². The lowest BCUT2D eigenvalue weighted by Gasteiger charge is -2.34. The highest BCUT2D eigenvalue weighted by atomic mass is 19.1. The Morgan fingerprint density at radius 3 is 2.48 bits per heavy atom. The molecule has 33 heavy (non-hydrogen) atoms. The third-order valence-corrected chi connectivity index (χ3v) is 5.84. The number of aromatic nitrogens is 1. The normalized spacial score (nSPS) is 14.6. The molecule has 3 rings (SSSR count). The summed E-state index contributed by atoms with van der Waals surface area (Å²) in [5.41, 5.74) is 0.221. The second-order valence-corrected chi connectivity index (χ2v) is 9.38. The Morgan fingerprint density at radius 1 is 1.36 bits per heavy atom. The van der Waals surface area contributed by atoms with E-state index in [9.17, 15) is 19.8 Å². The molecule has 1 unspecified atom stereocenters. The number of ether oxygens (including phenoxy) is 1. The Morgan fingerprint density at radius 2 is 1.97 bits per heavy atom. The lowest BCUT2D eigenvalue weighted by Crippen LogP contribution is -2.36. The van der Waals surface area contributed by atoms with Gasteiger partial charge in [0.2, 0.25) is 5.43 Å². The third kappa shape index (κ3) is 5.92. The Balaban J connectivity index is 0.00000187. The first-order chi connectivity index (χ1) is 15.5. The van der Waals surface area contributed by atoms with E-state index in [1.54, 1.807) is 18.9 Å². The smallest absolute Gasteiger partial charge is 0.341 e. The number of carboxylic acids is 1. The minimum absolute atomic E-state index is 0.0914. The van der Waals surface area contributed by atoms with Gasteiger partial charge in [0.15, 0.2) is 0 Å². The lowest BCUT2D eigenvalue weighted by atomic mass is 9.86. The molecule has 2 aromatic rings. The van der Waals surface area contributed by atoms with E-state index in [-0.39, 0.29) is 29.0 Å². The van der Waals surface area contributed by atoms with E-state index in [0.29, 0.717) is 29.7 Å². The number of anilines is 1. The quantitative estimate of drug-likeness (QED) is 0.573. The van der Waals surface area contributed by atoms with E-state index in [1.165, 1.54) is 13.3 Å². The number of aryl methyl sites for hydroxylation is 1. The molecular weight excluding hydrogens is 427 g/mol. The van der Waals surface area contributed by atoms with Crippen LogP contribution in [0.15, 0.2) is 17.1 Å². The number of pyridine rings is 1. The Labute approximate surface area is 194 Å². The number of carbonyl (C=O) groups is 1. The van der Waals surface area contributed by atoms with Crippen LogP contribution < -0.4 is 10.3 Å². The summed E-state index contributed by atoms with van der Waals surface area (Å²) in [4.78, 5) is 26.1. The minimum Gasteiger partial charge on any atom is -0.477 e. The molecule has 1 saturated carbocycles. The van der Waals surface area contributed by atoms with Gasteiger partial charge in [-0.25, -0.2) is 9.18 Å². The number of nitrogens with zero attached hydrogens (tertiary/aromatic N) is 2. The van der Waals surface area contributed by atoms with Gasteiger partial charge in [0.1, 0.15) is 11.4 Å². The highest BCUT2D eigenvalue weighted by Gasteiger charge is 2.30. The summed E-state index contributed by atoms with van der Waals surface area (Å²) in [6.07, 6.45) is 3.04. The van der Waals surface area contributed by atoms with Crippen LogP contribution in [0.3, 0.4) is 0 Å². The van der Waals surface area contributed by atoms with Gasteiger partial charge in [0.25, 0.3) is 0 Å². The van der Waals surface area contributed by atoms with Crippen LogP contribution >= 0.6 is 0 Å². The van der Waals surface area contributed by atoms with Crippen molar-refractivity contribution in [2.45, 2.75) is 66.0 Å². The van der Waals surface area contributed by atoms with Crippen molar-refractivity contribution in [3.8, 4) is 0 Å². The van der Waals surface area contributed by atoms with Crippen LogP contribution in [0.2, 0.25) is 0 Å². The number of fused-ring (bicyclic) bond motifs is 1. The van der Waals surface area contributed by atoms with E-state index < -0.39 is 23.3 Å². The van der Waals surface area contributed by atoms with E-state index >= 15 is 4.39 Å². The van der Waals surface area contributed by atoms with Gasteiger partial charge < -0.3 is 24.4 Å². The van der Waals surface area contributed by atoms with Gasteiger partial charge >= 0.3 is 5.97 Å². The van der Waals surface area contributed by atoms with Crippen molar-refractivity contribution in [3.05, 3.63) is 39.4 Å². The fraction of sp³-hybridized carbons (Fsp3) is 0.600. The first kappa shape index (κ1) is 26.8. The van der Waals surface area contributed by atoms with E-state index in [4.69, 9.17) is 4.74 Å². The van der Waals surface area contributed by atoms with Crippen molar-refractivity contribution in [2.75, 3.05) is 32.2 Å². The maximum absolute atomic E-state index is 15.2. The van der Waals surface area contributed by atoms with Crippen molar-refractivity contribution in [2.24, 2.45) is 5.41 Å².